The van der Waals surface area contributed by atoms with Crippen molar-refractivity contribution >= 4 is 16.1 Å². The van der Waals surface area contributed by atoms with E-state index >= 15 is 0 Å². The molecule has 0 saturated heterocycles. The van der Waals surface area contributed by atoms with Crippen LogP contribution < -0.4 is 0 Å². The van der Waals surface area contributed by atoms with Gasteiger partial charge in [-0.05, 0) is 91.8 Å². The van der Waals surface area contributed by atoms with Crippen molar-refractivity contribution in [3.63, 3.8) is 0 Å². The van der Waals surface area contributed by atoms with Gasteiger partial charge in [-0.1, -0.05) is 49.7 Å². The molecular weight excluding hydrogens is 513 g/mol. The van der Waals surface area contributed by atoms with Gasteiger partial charge in [-0.15, -0.1) is 13.2 Å². The summed E-state index contributed by atoms with van der Waals surface area (Å²) in [6, 6.07) is 12.5. The van der Waals surface area contributed by atoms with E-state index in [1.165, 1.54) is 10.4 Å². The molecule has 3 rings (SSSR count). The Bertz CT molecular complexity index is 1250. The van der Waals surface area contributed by atoms with Gasteiger partial charge in [0, 0.05) is 10.8 Å². The lowest BCUT2D eigenvalue weighted by molar-refractivity contribution is 0.297. The normalized spacial score (nSPS) is 14.1. The Morgan fingerprint density at radius 1 is 0.462 bits per heavy atom. The molecule has 0 radical (unpaired) electrons. The van der Waals surface area contributed by atoms with E-state index in [-0.39, 0.29) is 10.8 Å². The predicted octanol–water partition coefficient (Wildman–Crippen LogP) is 10.5. The fourth-order valence-corrected chi connectivity index (χ4v) is 9.44. The summed E-state index contributed by atoms with van der Waals surface area (Å²) in [6.45, 7) is 40.4. The van der Waals surface area contributed by atoms with Gasteiger partial charge in [-0.2, -0.15) is 0 Å². The zero-order valence-electron chi connectivity index (χ0n) is 27.1. The van der Waals surface area contributed by atoms with Gasteiger partial charge in [0.15, 0.2) is 0 Å². The summed E-state index contributed by atoms with van der Waals surface area (Å²) in [5.41, 5.74) is -1.32. The molecule has 0 amide bonds. The molecule has 214 valence electrons. The van der Waals surface area contributed by atoms with Gasteiger partial charge in [-0.25, -0.2) is 0 Å². The van der Waals surface area contributed by atoms with Crippen molar-refractivity contribution in [1.82, 2.24) is 0 Å². The van der Waals surface area contributed by atoms with Crippen molar-refractivity contribution in [2.24, 2.45) is 0 Å². The van der Waals surface area contributed by atoms with Crippen LogP contribution in [-0.4, -0.2) is 16.1 Å². The molecule has 0 spiro atoms. The SMILES string of the molecule is C=C(C(C)(C)c1ccc(C(C)(C)c2ccc(C(C)(C)c3ccc(C(C)(C)C(=C)[Si](C)(C)C)o3)o2)o1)[Si](C)(C)C. The number of hydrogen-bond donors (Lipinski definition) is 0. The molecule has 39 heavy (non-hydrogen) atoms. The van der Waals surface area contributed by atoms with Crippen molar-refractivity contribution in [1.29, 1.82) is 0 Å². The Kier molecular flexibility index (Phi) is 7.77. The maximum Gasteiger partial charge on any atom is 0.117 e. The quantitative estimate of drug-likeness (QED) is 0.230. The third-order valence-corrected chi connectivity index (χ3v) is 13.7. The zero-order chi connectivity index (χ0) is 30.0. The number of allylic oxidation sites excluding steroid dienone is 2. The minimum Gasteiger partial charge on any atom is -0.464 e. The Hall–Kier alpha value is -2.25. The topological polar surface area (TPSA) is 39.4 Å². The van der Waals surface area contributed by atoms with Crippen LogP contribution in [0.3, 0.4) is 0 Å². The maximum absolute atomic E-state index is 6.57. The molecule has 3 heterocycles. The minimum absolute atomic E-state index is 0.222. The third-order valence-electron chi connectivity index (χ3n) is 8.83. The second-order valence-electron chi connectivity index (χ2n) is 15.4. The largest absolute Gasteiger partial charge is 0.464 e. The lowest BCUT2D eigenvalue weighted by Gasteiger charge is -2.33. The Labute approximate surface area is 239 Å². The molecule has 0 N–H and O–H groups in total. The highest BCUT2D eigenvalue weighted by molar-refractivity contribution is 6.83. The van der Waals surface area contributed by atoms with Crippen molar-refractivity contribution in [3.8, 4) is 0 Å². The molecule has 3 nitrogen and oxygen atoms in total. The molecule has 3 aromatic rings. The van der Waals surface area contributed by atoms with Crippen LogP contribution in [0.5, 0.6) is 0 Å². The van der Waals surface area contributed by atoms with E-state index in [2.05, 4.69) is 144 Å². The summed E-state index contributed by atoms with van der Waals surface area (Å²) in [4.78, 5) is 0. The second-order valence-corrected chi connectivity index (χ2v) is 25.7. The van der Waals surface area contributed by atoms with Crippen LogP contribution in [0.1, 0.15) is 90.0 Å². The summed E-state index contributed by atoms with van der Waals surface area (Å²) in [7, 11) is -3.08. The highest BCUT2D eigenvalue weighted by Gasteiger charge is 2.40. The third kappa shape index (κ3) is 5.67. The van der Waals surface area contributed by atoms with Crippen LogP contribution >= 0.6 is 0 Å². The molecular formula is C34H52O3Si2. The van der Waals surface area contributed by atoms with Crippen LogP contribution in [0.15, 0.2) is 73.2 Å². The van der Waals surface area contributed by atoms with E-state index in [1.807, 2.05) is 0 Å². The van der Waals surface area contributed by atoms with E-state index < -0.39 is 27.0 Å². The van der Waals surface area contributed by atoms with Crippen molar-refractivity contribution < 1.29 is 13.3 Å². The predicted molar refractivity (Wildman–Crippen MR) is 171 cm³/mol. The molecule has 0 atom stereocenters. The standard InChI is InChI=1S/C34H52O3Si2/c1-23(38(11,12)13)31(3,4)25-17-19-27(35-25)33(7,8)29-21-22-30(37-29)34(9,10)28-20-18-26(36-28)32(5,6)24(2)39(14,15)16/h17-22H,1-2H2,3-16H3. The van der Waals surface area contributed by atoms with Gasteiger partial charge in [-0.3, -0.25) is 0 Å². The van der Waals surface area contributed by atoms with Gasteiger partial charge in [0.05, 0.1) is 27.0 Å². The number of hydrogen-bond acceptors (Lipinski definition) is 3. The van der Waals surface area contributed by atoms with Gasteiger partial charge >= 0.3 is 0 Å². The van der Waals surface area contributed by atoms with Crippen molar-refractivity contribution in [3.05, 3.63) is 94.5 Å². The molecule has 3 aromatic heterocycles. The summed E-state index contributed by atoms with van der Waals surface area (Å²) < 4.78 is 19.6. The molecule has 0 fully saturated rings. The van der Waals surface area contributed by atoms with E-state index in [9.17, 15) is 0 Å². The molecule has 5 heteroatoms. The lowest BCUT2D eigenvalue weighted by atomic mass is 9.87. The summed E-state index contributed by atoms with van der Waals surface area (Å²) in [5, 5.41) is 2.57. The first-order valence-electron chi connectivity index (χ1n) is 14.2. The van der Waals surface area contributed by atoms with E-state index in [1.54, 1.807) is 0 Å². The molecule has 0 unspecified atom stereocenters. The van der Waals surface area contributed by atoms with E-state index in [0.29, 0.717) is 0 Å². The first kappa shape index (κ1) is 31.3. The first-order chi connectivity index (χ1) is 17.4. The average Bonchev–Trinajstić information content (AvgIpc) is 3.57. The average molecular weight is 565 g/mol. The van der Waals surface area contributed by atoms with Crippen LogP contribution in [0.25, 0.3) is 0 Å². The molecule has 0 aliphatic heterocycles. The fraction of sp³-hybridized carbons (Fsp3) is 0.529. The Morgan fingerprint density at radius 2 is 0.667 bits per heavy atom. The number of furan rings is 3. The van der Waals surface area contributed by atoms with Crippen LogP contribution in [0, 0.1) is 0 Å². The molecule has 0 aliphatic carbocycles. The van der Waals surface area contributed by atoms with Crippen molar-refractivity contribution in [2.45, 2.75) is 116 Å². The monoisotopic (exact) mass is 564 g/mol. The molecule has 0 bridgehead atoms. The summed E-state index contributed by atoms with van der Waals surface area (Å²) >= 11 is 0. The van der Waals surface area contributed by atoms with Gasteiger partial charge in [0.1, 0.15) is 34.6 Å². The van der Waals surface area contributed by atoms with Crippen LogP contribution in [0.4, 0.5) is 0 Å². The van der Waals surface area contributed by atoms with Crippen LogP contribution in [-0.2, 0) is 21.7 Å². The van der Waals surface area contributed by atoms with E-state index in [4.69, 9.17) is 13.3 Å². The summed E-state index contributed by atoms with van der Waals surface area (Å²) in [6.07, 6.45) is 0. The van der Waals surface area contributed by atoms with Crippen LogP contribution in [0.2, 0.25) is 39.3 Å². The zero-order valence-corrected chi connectivity index (χ0v) is 29.1. The Morgan fingerprint density at radius 3 is 0.897 bits per heavy atom. The number of rotatable bonds is 10. The minimum atomic E-state index is -1.54. The fourth-order valence-electron chi connectivity index (χ4n) is 5.44. The van der Waals surface area contributed by atoms with E-state index in [0.717, 1.165) is 34.6 Å². The van der Waals surface area contributed by atoms with Gasteiger partial charge in [0.25, 0.3) is 0 Å². The first-order valence-corrected chi connectivity index (χ1v) is 21.2. The highest BCUT2D eigenvalue weighted by atomic mass is 28.3. The second kappa shape index (κ2) is 9.69. The van der Waals surface area contributed by atoms with Gasteiger partial charge in [0.2, 0.25) is 0 Å². The highest BCUT2D eigenvalue weighted by Crippen LogP contribution is 2.44. The lowest BCUT2D eigenvalue weighted by Crippen LogP contribution is -2.35. The van der Waals surface area contributed by atoms with Crippen molar-refractivity contribution in [2.75, 3.05) is 0 Å². The summed E-state index contributed by atoms with van der Waals surface area (Å²) in [5.74, 6) is 5.42. The Balaban J connectivity index is 1.92. The maximum atomic E-state index is 6.57. The smallest absolute Gasteiger partial charge is 0.117 e. The van der Waals surface area contributed by atoms with Gasteiger partial charge < -0.3 is 13.3 Å². The molecule has 0 aliphatic rings. The molecule has 0 aromatic carbocycles. The molecule has 0 saturated carbocycles.